The second-order valence-corrected chi connectivity index (χ2v) is 7.35. The normalized spacial score (nSPS) is 24.3. The summed E-state index contributed by atoms with van der Waals surface area (Å²) in [5, 5.41) is 5.85. The number of fused-ring (bicyclic) bond motifs is 2. The first-order chi connectivity index (χ1) is 14.1. The Balaban J connectivity index is 1.49. The minimum Gasteiger partial charge on any atom is -0.497 e. The molecule has 1 saturated carbocycles. The highest BCUT2D eigenvalue weighted by Gasteiger charge is 2.51. The van der Waals surface area contributed by atoms with Gasteiger partial charge in [0.2, 0.25) is 11.8 Å². The van der Waals surface area contributed by atoms with Crippen LogP contribution in [0.3, 0.4) is 0 Å². The molecule has 1 fully saturated rings. The van der Waals surface area contributed by atoms with Crippen molar-refractivity contribution in [2.24, 2.45) is 23.7 Å². The summed E-state index contributed by atoms with van der Waals surface area (Å²) in [7, 11) is 3.11. The van der Waals surface area contributed by atoms with Crippen molar-refractivity contribution >= 4 is 17.5 Å². The Morgan fingerprint density at radius 3 is 2.48 bits per heavy atom. The lowest BCUT2D eigenvalue weighted by molar-refractivity contribution is -0.133. The van der Waals surface area contributed by atoms with Gasteiger partial charge >= 0.3 is 0 Å². The van der Waals surface area contributed by atoms with Crippen LogP contribution in [0.1, 0.15) is 12.2 Å². The molecular weight excluding hydrogens is 372 g/mol. The van der Waals surface area contributed by atoms with E-state index in [1.807, 2.05) is 0 Å². The van der Waals surface area contributed by atoms with E-state index in [-0.39, 0.29) is 23.7 Å². The van der Waals surface area contributed by atoms with Crippen molar-refractivity contribution in [3.8, 4) is 11.5 Å². The average Bonchev–Trinajstić information content (AvgIpc) is 3.49. The van der Waals surface area contributed by atoms with Gasteiger partial charge in [-0.3, -0.25) is 9.59 Å². The SMILES string of the molecule is COc1ccc(NC(=O)[C@@H]2[C@@H](C(=O)NCc3ccco3)[C@@H]3C=C[C@H]2C3)c(OC)c1. The van der Waals surface area contributed by atoms with Crippen LogP contribution in [0.15, 0.2) is 53.2 Å². The van der Waals surface area contributed by atoms with E-state index in [4.69, 9.17) is 13.9 Å². The van der Waals surface area contributed by atoms with Crippen molar-refractivity contribution < 1.29 is 23.5 Å². The first-order valence-electron chi connectivity index (χ1n) is 9.62. The van der Waals surface area contributed by atoms with Gasteiger partial charge in [-0.05, 0) is 42.5 Å². The lowest BCUT2D eigenvalue weighted by Crippen LogP contribution is -2.41. The highest BCUT2D eigenvalue weighted by molar-refractivity contribution is 5.98. The number of carbonyl (C=O) groups is 2. The number of nitrogens with one attached hydrogen (secondary N) is 2. The van der Waals surface area contributed by atoms with Crippen LogP contribution < -0.4 is 20.1 Å². The molecule has 2 amide bonds. The monoisotopic (exact) mass is 396 g/mol. The van der Waals surface area contributed by atoms with E-state index in [2.05, 4.69) is 22.8 Å². The van der Waals surface area contributed by atoms with E-state index >= 15 is 0 Å². The third-order valence-corrected chi connectivity index (χ3v) is 5.75. The number of anilines is 1. The molecule has 0 unspecified atom stereocenters. The van der Waals surface area contributed by atoms with Gasteiger partial charge in [0, 0.05) is 6.07 Å². The predicted molar refractivity (Wildman–Crippen MR) is 106 cm³/mol. The summed E-state index contributed by atoms with van der Waals surface area (Å²) in [6.07, 6.45) is 6.49. The molecule has 2 aliphatic rings. The highest BCUT2D eigenvalue weighted by atomic mass is 16.5. The first kappa shape index (κ1) is 19.1. The van der Waals surface area contributed by atoms with Gasteiger partial charge in [-0.15, -0.1) is 0 Å². The molecular formula is C22H24N2O5. The Labute approximate surface area is 169 Å². The Morgan fingerprint density at radius 1 is 1.07 bits per heavy atom. The maximum absolute atomic E-state index is 13.1. The Hall–Kier alpha value is -3.22. The van der Waals surface area contributed by atoms with Crippen molar-refractivity contribution in [1.82, 2.24) is 5.32 Å². The third-order valence-electron chi connectivity index (χ3n) is 5.75. The number of rotatable bonds is 7. The summed E-state index contributed by atoms with van der Waals surface area (Å²) in [6, 6.07) is 8.79. The van der Waals surface area contributed by atoms with Gasteiger partial charge < -0.3 is 24.5 Å². The average molecular weight is 396 g/mol. The van der Waals surface area contributed by atoms with Crippen LogP contribution in [0.25, 0.3) is 0 Å². The summed E-state index contributed by atoms with van der Waals surface area (Å²) in [6.45, 7) is 0.310. The van der Waals surface area contributed by atoms with E-state index < -0.39 is 11.8 Å². The zero-order chi connectivity index (χ0) is 20.4. The fourth-order valence-corrected chi connectivity index (χ4v) is 4.36. The second kappa shape index (κ2) is 8.03. The first-order valence-corrected chi connectivity index (χ1v) is 9.62. The van der Waals surface area contributed by atoms with E-state index in [0.717, 1.165) is 6.42 Å². The number of hydrogen-bond donors (Lipinski definition) is 2. The van der Waals surface area contributed by atoms with E-state index in [1.165, 1.54) is 7.11 Å². The van der Waals surface area contributed by atoms with Crippen molar-refractivity contribution in [2.45, 2.75) is 13.0 Å². The van der Waals surface area contributed by atoms with Gasteiger partial charge in [0.05, 0.1) is 44.6 Å². The van der Waals surface area contributed by atoms with Gasteiger partial charge in [-0.25, -0.2) is 0 Å². The summed E-state index contributed by atoms with van der Waals surface area (Å²) >= 11 is 0. The number of benzene rings is 1. The fourth-order valence-electron chi connectivity index (χ4n) is 4.36. The molecule has 7 nitrogen and oxygen atoms in total. The van der Waals surface area contributed by atoms with Crippen LogP contribution >= 0.6 is 0 Å². The molecule has 0 spiro atoms. The predicted octanol–water partition coefficient (Wildman–Crippen LogP) is 2.99. The van der Waals surface area contributed by atoms with Gasteiger partial charge in [-0.1, -0.05) is 12.2 Å². The van der Waals surface area contributed by atoms with Gasteiger partial charge in [0.25, 0.3) is 0 Å². The minimum atomic E-state index is -0.423. The molecule has 2 bridgehead atoms. The molecule has 7 heteroatoms. The van der Waals surface area contributed by atoms with Crippen molar-refractivity contribution in [3.05, 3.63) is 54.5 Å². The zero-order valence-electron chi connectivity index (χ0n) is 16.4. The molecule has 1 heterocycles. The zero-order valence-corrected chi connectivity index (χ0v) is 16.4. The Kier molecular flexibility index (Phi) is 5.29. The lowest BCUT2D eigenvalue weighted by atomic mass is 9.81. The van der Waals surface area contributed by atoms with Crippen LogP contribution in [0, 0.1) is 23.7 Å². The summed E-state index contributed by atoms with van der Waals surface area (Å²) in [5.41, 5.74) is 0.555. The Bertz CT molecular complexity index is 921. The number of carbonyl (C=O) groups excluding carboxylic acids is 2. The fraction of sp³-hybridized carbons (Fsp3) is 0.364. The van der Waals surface area contributed by atoms with E-state index in [0.29, 0.717) is 29.5 Å². The van der Waals surface area contributed by atoms with Crippen LogP contribution in [-0.2, 0) is 16.1 Å². The molecule has 0 saturated heterocycles. The number of methoxy groups -OCH3 is 2. The molecule has 4 rings (SSSR count). The van der Waals surface area contributed by atoms with Crippen molar-refractivity contribution in [2.75, 3.05) is 19.5 Å². The molecule has 1 aromatic heterocycles. The third kappa shape index (κ3) is 3.72. The summed E-state index contributed by atoms with van der Waals surface area (Å²) in [5.74, 6) is 0.837. The number of hydrogen-bond acceptors (Lipinski definition) is 5. The number of allylic oxidation sites excluding steroid dienone is 2. The largest absolute Gasteiger partial charge is 0.497 e. The van der Waals surface area contributed by atoms with Crippen molar-refractivity contribution in [1.29, 1.82) is 0 Å². The van der Waals surface area contributed by atoms with Gasteiger partial charge in [0.1, 0.15) is 17.3 Å². The highest BCUT2D eigenvalue weighted by Crippen LogP contribution is 2.48. The number of ether oxygens (including phenoxy) is 2. The van der Waals surface area contributed by atoms with E-state index in [1.54, 1.807) is 43.7 Å². The van der Waals surface area contributed by atoms with Crippen LogP contribution in [0.4, 0.5) is 5.69 Å². The summed E-state index contributed by atoms with van der Waals surface area (Å²) in [4.78, 5) is 26.0. The standard InChI is InChI=1S/C22H24N2O5/c1-27-15-7-8-17(18(11-15)28-2)24-22(26)20-14-6-5-13(10-14)19(20)21(25)23-12-16-4-3-9-29-16/h3-9,11,13-14,19-20H,10,12H2,1-2H3,(H,23,25)(H,24,26)/t13-,14+,19+,20+/m1/s1. The van der Waals surface area contributed by atoms with Crippen molar-refractivity contribution in [3.63, 3.8) is 0 Å². The molecule has 0 aliphatic heterocycles. The van der Waals surface area contributed by atoms with Crippen LogP contribution in [0.2, 0.25) is 0 Å². The maximum atomic E-state index is 13.1. The maximum Gasteiger partial charge on any atom is 0.229 e. The summed E-state index contributed by atoms with van der Waals surface area (Å²) < 4.78 is 15.8. The molecule has 2 aliphatic carbocycles. The molecule has 2 aromatic rings. The van der Waals surface area contributed by atoms with Crippen LogP contribution in [-0.4, -0.2) is 26.0 Å². The quantitative estimate of drug-likeness (QED) is 0.703. The molecule has 0 radical (unpaired) electrons. The number of furan rings is 1. The Morgan fingerprint density at radius 2 is 1.83 bits per heavy atom. The molecule has 1 aromatic carbocycles. The van der Waals surface area contributed by atoms with E-state index in [9.17, 15) is 9.59 Å². The topological polar surface area (TPSA) is 89.8 Å². The number of amides is 2. The van der Waals surface area contributed by atoms with Gasteiger partial charge in [-0.2, -0.15) is 0 Å². The minimum absolute atomic E-state index is 0.0589. The smallest absolute Gasteiger partial charge is 0.229 e. The van der Waals surface area contributed by atoms with Crippen LogP contribution in [0.5, 0.6) is 11.5 Å². The lowest BCUT2D eigenvalue weighted by Gasteiger charge is -2.26. The molecule has 152 valence electrons. The van der Waals surface area contributed by atoms with Gasteiger partial charge in [0.15, 0.2) is 0 Å². The molecule has 2 N–H and O–H groups in total. The molecule has 29 heavy (non-hydrogen) atoms. The molecule has 4 atom stereocenters. The second-order valence-electron chi connectivity index (χ2n) is 7.35.